The molecule has 0 radical (unpaired) electrons. The molecule has 0 aliphatic heterocycles. The molecule has 1 heterocycles. The minimum atomic E-state index is -0.620. The van der Waals surface area contributed by atoms with E-state index in [1.54, 1.807) is 12.1 Å². The van der Waals surface area contributed by atoms with Gasteiger partial charge in [-0.3, -0.25) is 9.59 Å². The van der Waals surface area contributed by atoms with E-state index in [4.69, 9.17) is 4.42 Å². The van der Waals surface area contributed by atoms with Crippen molar-refractivity contribution in [3.8, 4) is 0 Å². The minimum Gasteiger partial charge on any atom is -0.459 e. The zero-order chi connectivity index (χ0) is 16.8. The molecule has 126 valence electrons. The average molecular weight is 326 g/mol. The third kappa shape index (κ3) is 4.25. The van der Waals surface area contributed by atoms with Crippen LogP contribution in [-0.2, 0) is 11.2 Å². The molecule has 1 aromatic heterocycles. The lowest BCUT2D eigenvalue weighted by atomic mass is 10.0. The Morgan fingerprint density at radius 3 is 2.50 bits per heavy atom. The van der Waals surface area contributed by atoms with Crippen molar-refractivity contribution in [2.24, 2.45) is 0 Å². The second kappa shape index (κ2) is 7.81. The first-order chi connectivity index (χ1) is 11.7. The Balaban J connectivity index is 1.69. The van der Waals surface area contributed by atoms with E-state index in [1.165, 1.54) is 6.26 Å². The summed E-state index contributed by atoms with van der Waals surface area (Å²) in [6, 6.07) is 12.5. The van der Waals surface area contributed by atoms with Gasteiger partial charge in [-0.25, -0.2) is 0 Å². The summed E-state index contributed by atoms with van der Waals surface area (Å²) < 4.78 is 5.12. The largest absolute Gasteiger partial charge is 0.459 e. The summed E-state index contributed by atoms with van der Waals surface area (Å²) in [5.41, 5.74) is 1.00. The van der Waals surface area contributed by atoms with Crippen LogP contribution in [0.2, 0.25) is 0 Å². The normalized spacial score (nSPS) is 15.8. The minimum absolute atomic E-state index is 0.134. The molecule has 24 heavy (non-hydrogen) atoms. The van der Waals surface area contributed by atoms with Crippen molar-refractivity contribution in [3.05, 3.63) is 60.1 Å². The lowest BCUT2D eigenvalue weighted by Crippen LogP contribution is -2.50. The van der Waals surface area contributed by atoms with Gasteiger partial charge in [-0.1, -0.05) is 43.2 Å². The Labute approximate surface area is 141 Å². The molecule has 5 nitrogen and oxygen atoms in total. The van der Waals surface area contributed by atoms with Crippen molar-refractivity contribution in [1.82, 2.24) is 10.6 Å². The van der Waals surface area contributed by atoms with Crippen LogP contribution in [0.5, 0.6) is 0 Å². The third-order valence-electron chi connectivity index (χ3n) is 4.35. The summed E-state index contributed by atoms with van der Waals surface area (Å²) in [4.78, 5) is 24.9. The fourth-order valence-electron chi connectivity index (χ4n) is 3.07. The number of benzene rings is 1. The monoisotopic (exact) mass is 326 g/mol. The van der Waals surface area contributed by atoms with E-state index < -0.39 is 6.04 Å². The standard InChI is InChI=1S/C19H22N2O3/c22-18(20-15-9-4-5-10-15)16(13-14-7-2-1-3-8-14)21-19(23)17-11-6-12-24-17/h1-3,6-8,11-12,15-16H,4-5,9-10,13H2,(H,20,22)(H,21,23)/t16-/m1/s1. The maximum Gasteiger partial charge on any atom is 0.287 e. The highest BCUT2D eigenvalue weighted by Crippen LogP contribution is 2.18. The van der Waals surface area contributed by atoms with Crippen LogP contribution in [0.4, 0.5) is 0 Å². The third-order valence-corrected chi connectivity index (χ3v) is 4.35. The predicted molar refractivity (Wildman–Crippen MR) is 90.5 cm³/mol. The highest BCUT2D eigenvalue weighted by Gasteiger charge is 2.26. The molecule has 0 unspecified atom stereocenters. The van der Waals surface area contributed by atoms with Crippen LogP contribution in [0.3, 0.4) is 0 Å². The van der Waals surface area contributed by atoms with Crippen molar-refractivity contribution in [2.45, 2.75) is 44.2 Å². The first-order valence-electron chi connectivity index (χ1n) is 8.41. The van der Waals surface area contributed by atoms with Gasteiger partial charge >= 0.3 is 0 Å². The highest BCUT2D eigenvalue weighted by molar-refractivity contribution is 5.95. The lowest BCUT2D eigenvalue weighted by molar-refractivity contribution is -0.123. The first kappa shape index (κ1) is 16.3. The number of nitrogens with one attached hydrogen (secondary N) is 2. The molecule has 0 spiro atoms. The van der Waals surface area contributed by atoms with Gasteiger partial charge in [-0.15, -0.1) is 0 Å². The molecule has 2 aromatic rings. The first-order valence-corrected chi connectivity index (χ1v) is 8.41. The average Bonchev–Trinajstić information content (AvgIpc) is 3.29. The van der Waals surface area contributed by atoms with Crippen molar-refractivity contribution < 1.29 is 14.0 Å². The van der Waals surface area contributed by atoms with Gasteiger partial charge in [-0.2, -0.15) is 0 Å². The van der Waals surface area contributed by atoms with E-state index in [0.29, 0.717) is 6.42 Å². The fraction of sp³-hybridized carbons (Fsp3) is 0.368. The molecular formula is C19H22N2O3. The van der Waals surface area contributed by atoms with Crippen molar-refractivity contribution in [2.75, 3.05) is 0 Å². The van der Waals surface area contributed by atoms with Crippen molar-refractivity contribution in [1.29, 1.82) is 0 Å². The maximum atomic E-state index is 12.7. The molecule has 0 saturated heterocycles. The van der Waals surface area contributed by atoms with Gasteiger partial charge in [0.25, 0.3) is 5.91 Å². The topological polar surface area (TPSA) is 71.3 Å². The van der Waals surface area contributed by atoms with Gasteiger partial charge in [0.05, 0.1) is 6.26 Å². The van der Waals surface area contributed by atoms with E-state index in [9.17, 15) is 9.59 Å². The van der Waals surface area contributed by atoms with Gasteiger partial charge in [0.15, 0.2) is 5.76 Å². The Morgan fingerprint density at radius 2 is 1.83 bits per heavy atom. The molecule has 1 saturated carbocycles. The molecule has 5 heteroatoms. The lowest BCUT2D eigenvalue weighted by Gasteiger charge is -2.21. The van der Waals surface area contributed by atoms with Gasteiger partial charge in [0.1, 0.15) is 6.04 Å². The van der Waals surface area contributed by atoms with Crippen LogP contribution < -0.4 is 10.6 Å². The summed E-state index contributed by atoms with van der Waals surface area (Å²) in [6.07, 6.45) is 6.21. The van der Waals surface area contributed by atoms with Crippen LogP contribution in [0, 0.1) is 0 Å². The predicted octanol–water partition coefficient (Wildman–Crippen LogP) is 2.68. The Hall–Kier alpha value is -2.56. The van der Waals surface area contributed by atoms with E-state index in [1.807, 2.05) is 30.3 Å². The van der Waals surface area contributed by atoms with E-state index in [-0.39, 0.29) is 23.6 Å². The summed E-state index contributed by atoms with van der Waals surface area (Å²) in [6.45, 7) is 0. The molecule has 1 atom stereocenters. The molecule has 1 fully saturated rings. The zero-order valence-electron chi connectivity index (χ0n) is 13.5. The molecule has 1 aliphatic carbocycles. The van der Waals surface area contributed by atoms with E-state index in [0.717, 1.165) is 31.2 Å². The summed E-state index contributed by atoms with van der Waals surface area (Å²) in [5, 5.41) is 5.86. The number of rotatable bonds is 6. The molecule has 3 rings (SSSR count). The number of hydrogen-bond acceptors (Lipinski definition) is 3. The van der Waals surface area contributed by atoms with Crippen LogP contribution in [0.1, 0.15) is 41.8 Å². The van der Waals surface area contributed by atoms with Crippen LogP contribution in [-0.4, -0.2) is 23.9 Å². The van der Waals surface area contributed by atoms with Crippen LogP contribution in [0.15, 0.2) is 53.1 Å². The highest BCUT2D eigenvalue weighted by atomic mass is 16.3. The second-order valence-corrected chi connectivity index (χ2v) is 6.18. The molecule has 2 amide bonds. The van der Waals surface area contributed by atoms with Crippen molar-refractivity contribution in [3.63, 3.8) is 0 Å². The summed E-state index contributed by atoms with van der Waals surface area (Å²) >= 11 is 0. The fourth-order valence-corrected chi connectivity index (χ4v) is 3.07. The molecule has 1 aromatic carbocycles. The smallest absolute Gasteiger partial charge is 0.287 e. The number of carbonyl (C=O) groups excluding carboxylic acids is 2. The van der Waals surface area contributed by atoms with Crippen LogP contribution >= 0.6 is 0 Å². The number of carbonyl (C=O) groups is 2. The molecule has 0 bridgehead atoms. The van der Waals surface area contributed by atoms with Gasteiger partial charge in [-0.05, 0) is 30.5 Å². The summed E-state index contributed by atoms with van der Waals surface area (Å²) in [5.74, 6) is -0.296. The molecule has 2 N–H and O–H groups in total. The van der Waals surface area contributed by atoms with Crippen LogP contribution in [0.25, 0.3) is 0 Å². The quantitative estimate of drug-likeness (QED) is 0.857. The number of amides is 2. The van der Waals surface area contributed by atoms with E-state index in [2.05, 4.69) is 10.6 Å². The van der Waals surface area contributed by atoms with E-state index >= 15 is 0 Å². The summed E-state index contributed by atoms with van der Waals surface area (Å²) in [7, 11) is 0. The second-order valence-electron chi connectivity index (χ2n) is 6.18. The molecular weight excluding hydrogens is 304 g/mol. The van der Waals surface area contributed by atoms with Crippen molar-refractivity contribution >= 4 is 11.8 Å². The van der Waals surface area contributed by atoms with Gasteiger partial charge in [0, 0.05) is 12.5 Å². The van der Waals surface area contributed by atoms with Gasteiger partial charge < -0.3 is 15.1 Å². The Kier molecular flexibility index (Phi) is 5.31. The van der Waals surface area contributed by atoms with Gasteiger partial charge in [0.2, 0.25) is 5.91 Å². The molecule has 1 aliphatic rings. The number of hydrogen-bond donors (Lipinski definition) is 2. The Morgan fingerprint density at radius 1 is 1.08 bits per heavy atom. The zero-order valence-corrected chi connectivity index (χ0v) is 13.5. The number of furan rings is 1. The maximum absolute atomic E-state index is 12.7. The Bertz CT molecular complexity index is 661. The SMILES string of the molecule is O=C(N[C@H](Cc1ccccc1)C(=O)NC1CCCC1)c1ccco1.